The highest BCUT2D eigenvalue weighted by Crippen LogP contribution is 2.26. The van der Waals surface area contributed by atoms with Crippen LogP contribution in [-0.2, 0) is 6.42 Å². The Bertz CT molecular complexity index is 709. The number of amides is 2. The monoisotopic (exact) mass is 320 g/mol. The van der Waals surface area contributed by atoms with E-state index < -0.39 is 0 Å². The molecular weight excluding hydrogens is 296 g/mol. The Morgan fingerprint density at radius 1 is 0.917 bits per heavy atom. The van der Waals surface area contributed by atoms with Crippen LogP contribution in [0.2, 0.25) is 0 Å². The zero-order valence-electron chi connectivity index (χ0n) is 14.0. The van der Waals surface area contributed by atoms with E-state index in [1.807, 2.05) is 11.0 Å². The first-order valence-electron chi connectivity index (χ1n) is 9.01. The number of hydrogen-bond donors (Lipinski definition) is 0. The minimum absolute atomic E-state index is 0.253. The fraction of sp³-hybridized carbons (Fsp3) is 0.381. The highest BCUT2D eigenvalue weighted by Gasteiger charge is 2.33. The summed E-state index contributed by atoms with van der Waals surface area (Å²) in [5, 5.41) is 0. The molecule has 2 saturated heterocycles. The van der Waals surface area contributed by atoms with Gasteiger partial charge < -0.3 is 9.80 Å². The molecule has 2 aliphatic rings. The maximum absolute atomic E-state index is 12.6. The van der Waals surface area contributed by atoms with Crippen molar-refractivity contribution in [2.45, 2.75) is 31.7 Å². The fourth-order valence-electron chi connectivity index (χ4n) is 3.77. The molecule has 24 heavy (non-hydrogen) atoms. The van der Waals surface area contributed by atoms with Gasteiger partial charge in [0.25, 0.3) is 0 Å². The van der Waals surface area contributed by atoms with Gasteiger partial charge in [-0.05, 0) is 42.4 Å². The van der Waals surface area contributed by atoms with Crippen molar-refractivity contribution in [2.75, 3.05) is 19.6 Å². The first-order chi connectivity index (χ1) is 11.8. The van der Waals surface area contributed by atoms with Crippen molar-refractivity contribution in [3.05, 3.63) is 60.2 Å². The molecule has 0 aromatic heterocycles. The molecule has 0 spiro atoms. The van der Waals surface area contributed by atoms with E-state index in [4.69, 9.17) is 0 Å². The standard InChI is InChI=1S/C21H24N2O/c24-21(22-12-6-13-22)23-14-5-11-20(23)16-17-7-4-10-19(15-17)18-8-2-1-3-9-18/h1-4,7-10,15,20H,5-6,11-14,16H2. The predicted octanol–water partition coefficient (Wildman–Crippen LogP) is 4.19. The zero-order chi connectivity index (χ0) is 16.4. The van der Waals surface area contributed by atoms with Crippen LogP contribution in [0.1, 0.15) is 24.8 Å². The topological polar surface area (TPSA) is 23.6 Å². The van der Waals surface area contributed by atoms with Crippen LogP contribution in [0.25, 0.3) is 11.1 Å². The molecule has 2 fully saturated rings. The molecule has 1 unspecified atom stereocenters. The summed E-state index contributed by atoms with van der Waals surface area (Å²) in [7, 11) is 0. The first-order valence-corrected chi connectivity index (χ1v) is 9.01. The molecule has 1 atom stereocenters. The first kappa shape index (κ1) is 15.3. The summed E-state index contributed by atoms with van der Waals surface area (Å²) in [5.41, 5.74) is 3.83. The molecule has 4 rings (SSSR count). The van der Waals surface area contributed by atoms with Gasteiger partial charge in [-0.3, -0.25) is 0 Å². The average molecular weight is 320 g/mol. The number of benzene rings is 2. The molecule has 2 amide bonds. The van der Waals surface area contributed by atoms with Crippen LogP contribution < -0.4 is 0 Å². The molecule has 0 aliphatic carbocycles. The van der Waals surface area contributed by atoms with E-state index in [-0.39, 0.29) is 6.03 Å². The van der Waals surface area contributed by atoms with Crippen molar-refractivity contribution in [1.82, 2.24) is 9.80 Å². The lowest BCUT2D eigenvalue weighted by atomic mass is 9.98. The number of carbonyl (C=O) groups excluding carboxylic acids is 1. The highest BCUT2D eigenvalue weighted by molar-refractivity contribution is 5.76. The molecule has 2 aliphatic heterocycles. The number of likely N-dealkylation sites (tertiary alicyclic amines) is 2. The van der Waals surface area contributed by atoms with Crippen LogP contribution in [-0.4, -0.2) is 41.5 Å². The van der Waals surface area contributed by atoms with Crippen molar-refractivity contribution < 1.29 is 4.79 Å². The maximum atomic E-state index is 12.6. The van der Waals surface area contributed by atoms with Crippen LogP contribution in [0.4, 0.5) is 4.79 Å². The summed E-state index contributed by atoms with van der Waals surface area (Å²) < 4.78 is 0. The van der Waals surface area contributed by atoms with Crippen LogP contribution in [0, 0.1) is 0 Å². The Hall–Kier alpha value is -2.29. The van der Waals surface area contributed by atoms with E-state index in [0.717, 1.165) is 45.3 Å². The highest BCUT2D eigenvalue weighted by atomic mass is 16.2. The van der Waals surface area contributed by atoms with Gasteiger partial charge in [0.2, 0.25) is 0 Å². The van der Waals surface area contributed by atoms with Crippen molar-refractivity contribution in [3.63, 3.8) is 0 Å². The number of hydrogen-bond acceptors (Lipinski definition) is 1. The molecule has 0 N–H and O–H groups in total. The third kappa shape index (κ3) is 3.03. The Morgan fingerprint density at radius 2 is 1.71 bits per heavy atom. The molecule has 3 heteroatoms. The Morgan fingerprint density at radius 3 is 2.46 bits per heavy atom. The summed E-state index contributed by atoms with van der Waals surface area (Å²) in [6.45, 7) is 2.79. The van der Waals surface area contributed by atoms with Crippen molar-refractivity contribution in [1.29, 1.82) is 0 Å². The average Bonchev–Trinajstić information content (AvgIpc) is 3.02. The van der Waals surface area contributed by atoms with Gasteiger partial charge in [0.15, 0.2) is 0 Å². The summed E-state index contributed by atoms with van der Waals surface area (Å²) in [5.74, 6) is 0. The third-order valence-corrected chi connectivity index (χ3v) is 5.25. The van der Waals surface area contributed by atoms with Gasteiger partial charge in [0.05, 0.1) is 0 Å². The van der Waals surface area contributed by atoms with Crippen LogP contribution in [0.15, 0.2) is 54.6 Å². The minimum atomic E-state index is 0.253. The van der Waals surface area contributed by atoms with Gasteiger partial charge in [-0.25, -0.2) is 4.79 Å². The summed E-state index contributed by atoms with van der Waals surface area (Å²) in [4.78, 5) is 16.7. The number of rotatable bonds is 3. The number of urea groups is 1. The summed E-state index contributed by atoms with van der Waals surface area (Å²) in [6.07, 6.45) is 4.36. The second-order valence-electron chi connectivity index (χ2n) is 6.88. The van der Waals surface area contributed by atoms with Gasteiger partial charge >= 0.3 is 6.03 Å². The van der Waals surface area contributed by atoms with Crippen LogP contribution in [0.3, 0.4) is 0 Å². The fourth-order valence-corrected chi connectivity index (χ4v) is 3.77. The van der Waals surface area contributed by atoms with Crippen LogP contribution in [0.5, 0.6) is 0 Å². The lowest BCUT2D eigenvalue weighted by molar-refractivity contribution is 0.122. The molecule has 124 valence electrons. The lowest BCUT2D eigenvalue weighted by Gasteiger charge is -2.37. The van der Waals surface area contributed by atoms with E-state index >= 15 is 0 Å². The molecule has 0 saturated carbocycles. The van der Waals surface area contributed by atoms with E-state index in [9.17, 15) is 4.79 Å². The normalized spacial score (nSPS) is 20.1. The zero-order valence-corrected chi connectivity index (χ0v) is 14.0. The third-order valence-electron chi connectivity index (χ3n) is 5.25. The van der Waals surface area contributed by atoms with Gasteiger partial charge in [-0.1, -0.05) is 54.6 Å². The SMILES string of the molecule is O=C(N1CCC1)N1CCCC1Cc1cccc(-c2ccccc2)c1. The van der Waals surface area contributed by atoms with Gasteiger partial charge in [-0.2, -0.15) is 0 Å². The lowest BCUT2D eigenvalue weighted by Crippen LogP contribution is -2.51. The maximum Gasteiger partial charge on any atom is 0.320 e. The second-order valence-corrected chi connectivity index (χ2v) is 6.88. The molecule has 2 heterocycles. The van der Waals surface area contributed by atoms with Crippen LogP contribution >= 0.6 is 0 Å². The molecule has 3 nitrogen and oxygen atoms in total. The Balaban J connectivity index is 1.49. The number of nitrogens with zero attached hydrogens (tertiary/aromatic N) is 2. The molecule has 0 bridgehead atoms. The molecule has 0 radical (unpaired) electrons. The second kappa shape index (κ2) is 6.68. The van der Waals surface area contributed by atoms with Gasteiger partial charge in [0, 0.05) is 25.7 Å². The van der Waals surface area contributed by atoms with E-state index in [1.54, 1.807) is 0 Å². The molecular formula is C21H24N2O. The largest absolute Gasteiger partial charge is 0.325 e. The Kier molecular flexibility index (Phi) is 4.24. The molecule has 2 aromatic rings. The van der Waals surface area contributed by atoms with Crippen molar-refractivity contribution in [2.24, 2.45) is 0 Å². The van der Waals surface area contributed by atoms with Crippen molar-refractivity contribution >= 4 is 6.03 Å². The Labute approximate surface area is 143 Å². The number of carbonyl (C=O) groups is 1. The summed E-state index contributed by atoms with van der Waals surface area (Å²) in [6, 6.07) is 19.9. The van der Waals surface area contributed by atoms with E-state index in [0.29, 0.717) is 6.04 Å². The predicted molar refractivity (Wildman–Crippen MR) is 96.9 cm³/mol. The van der Waals surface area contributed by atoms with Gasteiger partial charge in [0.1, 0.15) is 0 Å². The molecule has 2 aromatic carbocycles. The smallest absolute Gasteiger partial charge is 0.320 e. The van der Waals surface area contributed by atoms with E-state index in [1.165, 1.54) is 16.7 Å². The van der Waals surface area contributed by atoms with Crippen molar-refractivity contribution in [3.8, 4) is 11.1 Å². The summed E-state index contributed by atoms with van der Waals surface area (Å²) >= 11 is 0. The quantitative estimate of drug-likeness (QED) is 0.832. The van der Waals surface area contributed by atoms with E-state index in [2.05, 4.69) is 53.4 Å². The minimum Gasteiger partial charge on any atom is -0.325 e. The van der Waals surface area contributed by atoms with Gasteiger partial charge in [-0.15, -0.1) is 0 Å².